The Morgan fingerprint density at radius 2 is 1.32 bits per heavy atom. The maximum absolute atomic E-state index is 12.9. The van der Waals surface area contributed by atoms with Crippen molar-refractivity contribution in [2.45, 2.75) is 203 Å². The fraction of sp³-hybridized carbons (Fsp3) is 0.723. The highest BCUT2D eigenvalue weighted by Crippen LogP contribution is 2.45. The minimum atomic E-state index is -0.127. The van der Waals surface area contributed by atoms with Crippen molar-refractivity contribution in [3.63, 3.8) is 0 Å². The highest BCUT2D eigenvalue weighted by Gasteiger charge is 2.34. The predicted octanol–water partition coefficient (Wildman–Crippen LogP) is 14.6. The minimum Gasteiger partial charge on any atom is -0.487 e. The van der Waals surface area contributed by atoms with E-state index in [-0.39, 0.29) is 11.6 Å². The van der Waals surface area contributed by atoms with E-state index in [0.717, 1.165) is 104 Å². The van der Waals surface area contributed by atoms with Gasteiger partial charge in [-0.1, -0.05) is 135 Å². The average Bonchev–Trinajstić information content (AvgIpc) is 3.07. The van der Waals surface area contributed by atoms with E-state index in [9.17, 15) is 4.79 Å². The van der Waals surface area contributed by atoms with Gasteiger partial charge >= 0.3 is 5.97 Å². The van der Waals surface area contributed by atoms with Crippen molar-refractivity contribution in [1.29, 1.82) is 0 Å². The van der Waals surface area contributed by atoms with Crippen LogP contribution in [-0.2, 0) is 11.2 Å². The summed E-state index contributed by atoms with van der Waals surface area (Å²) in [6.07, 6.45) is 37.7. The fourth-order valence-electron chi connectivity index (χ4n) is 7.47. The van der Waals surface area contributed by atoms with Gasteiger partial charge in [0.05, 0.1) is 0 Å². The van der Waals surface area contributed by atoms with E-state index in [0.29, 0.717) is 6.42 Å². The van der Waals surface area contributed by atoms with Crippen molar-refractivity contribution >= 4 is 5.97 Å². The Balaban J connectivity index is 1.71. The zero-order valence-corrected chi connectivity index (χ0v) is 34.3. The molecule has 1 aliphatic heterocycles. The van der Waals surface area contributed by atoms with Crippen LogP contribution in [0.4, 0.5) is 0 Å². The van der Waals surface area contributed by atoms with Gasteiger partial charge < -0.3 is 9.47 Å². The van der Waals surface area contributed by atoms with Gasteiger partial charge in [0.25, 0.3) is 0 Å². The molecule has 1 heterocycles. The zero-order chi connectivity index (χ0) is 36.8. The molecule has 0 saturated carbocycles. The summed E-state index contributed by atoms with van der Waals surface area (Å²) >= 11 is 0. The normalized spacial score (nSPS) is 17.6. The van der Waals surface area contributed by atoms with Crippen molar-refractivity contribution in [1.82, 2.24) is 0 Å². The molecule has 0 bridgehead atoms. The first-order valence-electron chi connectivity index (χ1n) is 21.0. The number of fused-ring (bicyclic) bond motifs is 1. The Hall–Kier alpha value is -2.29. The molecule has 0 spiro atoms. The van der Waals surface area contributed by atoms with Crippen LogP contribution in [0.5, 0.6) is 11.5 Å². The minimum absolute atomic E-state index is 0.105. The number of esters is 1. The van der Waals surface area contributed by atoms with Crippen LogP contribution in [0.15, 0.2) is 36.5 Å². The Morgan fingerprint density at radius 1 is 0.720 bits per heavy atom. The topological polar surface area (TPSA) is 35.5 Å². The second kappa shape index (κ2) is 24.8. The number of rotatable bonds is 26. The van der Waals surface area contributed by atoms with E-state index in [1.54, 1.807) is 0 Å². The molecule has 3 heteroatoms. The van der Waals surface area contributed by atoms with Gasteiger partial charge in [0.2, 0.25) is 0 Å². The van der Waals surface area contributed by atoms with Crippen molar-refractivity contribution in [2.24, 2.45) is 17.8 Å². The lowest BCUT2D eigenvalue weighted by atomic mass is 9.83. The molecule has 284 valence electrons. The number of allylic oxidation sites excluding steroid dienone is 6. The van der Waals surface area contributed by atoms with E-state index in [1.807, 2.05) is 0 Å². The van der Waals surface area contributed by atoms with Crippen LogP contribution in [0.3, 0.4) is 0 Å². The van der Waals surface area contributed by atoms with E-state index in [1.165, 1.54) is 76.2 Å². The average molecular weight is 691 g/mol. The van der Waals surface area contributed by atoms with Crippen LogP contribution in [-0.4, -0.2) is 11.6 Å². The monoisotopic (exact) mass is 691 g/mol. The second-order valence-corrected chi connectivity index (χ2v) is 16.5. The summed E-state index contributed by atoms with van der Waals surface area (Å²) in [4.78, 5) is 12.9. The number of hydrogen-bond acceptors (Lipinski definition) is 3. The molecule has 1 aromatic rings. The molecule has 3 nitrogen and oxygen atoms in total. The maximum atomic E-state index is 12.9. The van der Waals surface area contributed by atoms with E-state index in [4.69, 9.17) is 9.47 Å². The van der Waals surface area contributed by atoms with Crippen molar-refractivity contribution < 1.29 is 14.3 Å². The molecule has 3 atom stereocenters. The first kappa shape index (κ1) is 43.9. The third-order valence-electron chi connectivity index (χ3n) is 11.1. The number of carbonyl (C=O) groups is 1. The van der Waals surface area contributed by atoms with Gasteiger partial charge in [-0.05, 0) is 126 Å². The van der Waals surface area contributed by atoms with Crippen molar-refractivity contribution in [3.8, 4) is 11.5 Å². The lowest BCUT2D eigenvalue weighted by Crippen LogP contribution is -2.37. The molecular formula is C47H78O3. The van der Waals surface area contributed by atoms with Gasteiger partial charge in [-0.25, -0.2) is 0 Å². The summed E-state index contributed by atoms with van der Waals surface area (Å²) in [5, 5.41) is 0. The number of ether oxygens (including phenoxy) is 2. The number of hydrogen-bond donors (Lipinski definition) is 0. The second-order valence-electron chi connectivity index (χ2n) is 16.5. The Bertz CT molecular complexity index is 1190. The standard InChI is InChI=1S/C47H78O3/c1-10-11-12-13-14-15-16-17-18-19-20-21-22-23-24-33-44(48)49-45-40(6)41(7)46-43(42(45)8)34-36-47(9,50-46)35-27-32-39(5)31-26-30-38(4)29-25-28-37(2)3/h11-12,15-18,37-39H,10,13-14,19-36H2,1-9H3/b12-11-,16-15-,18-17-. The van der Waals surface area contributed by atoms with E-state index in [2.05, 4.69) is 98.8 Å². The lowest BCUT2D eigenvalue weighted by molar-refractivity contribution is -0.134. The molecule has 0 N–H and O–H groups in total. The van der Waals surface area contributed by atoms with E-state index < -0.39 is 0 Å². The van der Waals surface area contributed by atoms with Crippen molar-refractivity contribution in [3.05, 3.63) is 58.7 Å². The smallest absolute Gasteiger partial charge is 0.311 e. The van der Waals surface area contributed by atoms with Crippen LogP contribution >= 0.6 is 0 Å². The molecule has 2 rings (SSSR count). The number of carbonyl (C=O) groups excluding carboxylic acids is 1. The lowest BCUT2D eigenvalue weighted by Gasteiger charge is -2.38. The first-order chi connectivity index (χ1) is 24.0. The summed E-state index contributed by atoms with van der Waals surface area (Å²) in [6, 6.07) is 0. The Labute approximate surface area is 310 Å². The third-order valence-corrected chi connectivity index (χ3v) is 11.1. The third kappa shape index (κ3) is 17.3. The molecule has 3 unspecified atom stereocenters. The number of benzene rings is 1. The van der Waals surface area contributed by atoms with Gasteiger partial charge in [0.1, 0.15) is 17.1 Å². The molecule has 50 heavy (non-hydrogen) atoms. The van der Waals surface area contributed by atoms with Gasteiger partial charge in [0, 0.05) is 12.0 Å². The summed E-state index contributed by atoms with van der Waals surface area (Å²) in [5.74, 6) is 4.18. The fourth-order valence-corrected chi connectivity index (χ4v) is 7.47. The van der Waals surface area contributed by atoms with Crippen LogP contribution in [0.25, 0.3) is 0 Å². The molecule has 0 radical (unpaired) electrons. The SMILES string of the molecule is CC/C=C\CC/C=C\C=C/CCCCCCCC(=O)Oc1c(C)c(C)c2c(c1C)CCC(C)(CCCC(C)CCCC(C)CCCC(C)C)O2. The van der Waals surface area contributed by atoms with Gasteiger partial charge in [-0.15, -0.1) is 0 Å². The first-order valence-corrected chi connectivity index (χ1v) is 21.0. The predicted molar refractivity (Wildman–Crippen MR) is 218 cm³/mol. The molecule has 0 saturated heterocycles. The van der Waals surface area contributed by atoms with Crippen LogP contribution in [0.2, 0.25) is 0 Å². The van der Waals surface area contributed by atoms with Gasteiger partial charge in [-0.2, -0.15) is 0 Å². The highest BCUT2D eigenvalue weighted by molar-refractivity contribution is 5.74. The quantitative estimate of drug-likeness (QED) is 0.0319. The summed E-state index contributed by atoms with van der Waals surface area (Å²) in [7, 11) is 0. The molecule has 0 fully saturated rings. The highest BCUT2D eigenvalue weighted by atomic mass is 16.5. The van der Waals surface area contributed by atoms with Crippen LogP contribution in [0, 0.1) is 38.5 Å². The van der Waals surface area contributed by atoms with Gasteiger partial charge in [0.15, 0.2) is 0 Å². The summed E-state index contributed by atoms with van der Waals surface area (Å²) in [5.41, 5.74) is 4.36. The van der Waals surface area contributed by atoms with Crippen LogP contribution < -0.4 is 9.47 Å². The summed E-state index contributed by atoms with van der Waals surface area (Å²) in [6.45, 7) is 20.4. The Kier molecular flexibility index (Phi) is 21.8. The molecule has 0 aromatic heterocycles. The molecule has 1 aliphatic rings. The maximum Gasteiger partial charge on any atom is 0.311 e. The van der Waals surface area contributed by atoms with Crippen LogP contribution in [0.1, 0.15) is 192 Å². The van der Waals surface area contributed by atoms with E-state index >= 15 is 0 Å². The Morgan fingerprint density at radius 3 is 2.00 bits per heavy atom. The molecular weight excluding hydrogens is 613 g/mol. The molecule has 0 aliphatic carbocycles. The van der Waals surface area contributed by atoms with Gasteiger partial charge in [-0.3, -0.25) is 4.79 Å². The zero-order valence-electron chi connectivity index (χ0n) is 34.3. The largest absolute Gasteiger partial charge is 0.487 e. The molecule has 1 aromatic carbocycles. The molecule has 0 amide bonds. The van der Waals surface area contributed by atoms with Crippen molar-refractivity contribution in [2.75, 3.05) is 0 Å². The summed E-state index contributed by atoms with van der Waals surface area (Å²) < 4.78 is 12.9. The number of unbranched alkanes of at least 4 members (excludes halogenated alkanes) is 6.